The van der Waals surface area contributed by atoms with Gasteiger partial charge in [0.1, 0.15) is 5.75 Å². The summed E-state index contributed by atoms with van der Waals surface area (Å²) in [4.78, 5) is 5.02. The second-order valence-corrected chi connectivity index (χ2v) is 7.81. The Hall–Kier alpha value is -1.30. The summed E-state index contributed by atoms with van der Waals surface area (Å²) in [6.07, 6.45) is 6.12. The van der Waals surface area contributed by atoms with E-state index in [9.17, 15) is 0 Å². The summed E-state index contributed by atoms with van der Waals surface area (Å²) in [6, 6.07) is 7.39. The van der Waals surface area contributed by atoms with Gasteiger partial charge in [-0.3, -0.25) is 4.90 Å². The van der Waals surface area contributed by atoms with E-state index in [1.54, 1.807) is 0 Å². The molecule has 5 nitrogen and oxygen atoms in total. The largest absolute Gasteiger partial charge is 0.462 e. The van der Waals surface area contributed by atoms with E-state index in [4.69, 9.17) is 14.2 Å². The third-order valence-electron chi connectivity index (χ3n) is 6.36. The van der Waals surface area contributed by atoms with Crippen LogP contribution in [0, 0.1) is 0 Å². The van der Waals surface area contributed by atoms with Crippen LogP contribution in [-0.4, -0.2) is 56.1 Å². The van der Waals surface area contributed by atoms with Crippen molar-refractivity contribution in [2.45, 2.75) is 50.5 Å². The van der Waals surface area contributed by atoms with E-state index in [0.717, 1.165) is 64.0 Å². The highest BCUT2D eigenvalue weighted by atomic mass is 16.7. The topological polar surface area (TPSA) is 34.2 Å². The Morgan fingerprint density at radius 1 is 1.00 bits per heavy atom. The summed E-state index contributed by atoms with van der Waals surface area (Å²) in [6.45, 7) is 6.41. The maximum atomic E-state index is 6.39. The monoisotopic (exact) mass is 344 g/mol. The van der Waals surface area contributed by atoms with Crippen molar-refractivity contribution in [2.75, 3.05) is 44.3 Å². The first-order valence-electron chi connectivity index (χ1n) is 9.84. The van der Waals surface area contributed by atoms with Gasteiger partial charge in [0.25, 0.3) is 0 Å². The van der Waals surface area contributed by atoms with Gasteiger partial charge < -0.3 is 19.1 Å². The van der Waals surface area contributed by atoms with Crippen molar-refractivity contribution < 1.29 is 14.2 Å². The van der Waals surface area contributed by atoms with E-state index < -0.39 is 5.79 Å². The van der Waals surface area contributed by atoms with E-state index in [-0.39, 0.29) is 0 Å². The number of anilines is 1. The Balaban J connectivity index is 1.27. The van der Waals surface area contributed by atoms with Crippen LogP contribution in [0.15, 0.2) is 18.2 Å². The number of likely N-dealkylation sites (tertiary alicyclic amines) is 1. The van der Waals surface area contributed by atoms with Gasteiger partial charge >= 0.3 is 0 Å². The molecule has 3 fully saturated rings. The standard InChI is InChI=1S/C20H28N2O3/c1-2-17(3-1)21-8-6-20(7-9-21)24-15-16-14-18(4-5-19(16)25-20)22-10-12-23-13-11-22/h4-5,14,17H,1-3,6-13,15H2. The van der Waals surface area contributed by atoms with Crippen LogP contribution in [-0.2, 0) is 16.1 Å². The lowest BCUT2D eigenvalue weighted by Crippen LogP contribution is -2.54. The quantitative estimate of drug-likeness (QED) is 0.824. The molecule has 0 N–H and O–H groups in total. The summed E-state index contributed by atoms with van der Waals surface area (Å²) >= 11 is 0. The molecule has 25 heavy (non-hydrogen) atoms. The molecule has 0 radical (unpaired) electrons. The van der Waals surface area contributed by atoms with Crippen LogP contribution in [0.5, 0.6) is 5.75 Å². The van der Waals surface area contributed by atoms with Crippen LogP contribution in [0.25, 0.3) is 0 Å². The van der Waals surface area contributed by atoms with E-state index in [1.165, 1.54) is 30.5 Å². The Bertz CT molecular complexity index is 617. The Labute approximate surface area is 149 Å². The van der Waals surface area contributed by atoms with Gasteiger partial charge in [0.05, 0.1) is 19.8 Å². The molecular formula is C20H28N2O3. The predicted molar refractivity (Wildman–Crippen MR) is 96.1 cm³/mol. The lowest BCUT2D eigenvalue weighted by Gasteiger charge is -2.47. The first-order chi connectivity index (χ1) is 12.3. The lowest BCUT2D eigenvalue weighted by atomic mass is 9.89. The predicted octanol–water partition coefficient (Wildman–Crippen LogP) is 2.78. The zero-order chi connectivity index (χ0) is 16.7. The van der Waals surface area contributed by atoms with Crippen molar-refractivity contribution in [3.05, 3.63) is 23.8 Å². The normalized spacial score (nSPS) is 26.8. The fourth-order valence-corrected chi connectivity index (χ4v) is 4.46. The van der Waals surface area contributed by atoms with Crippen LogP contribution in [0.1, 0.15) is 37.7 Å². The summed E-state index contributed by atoms with van der Waals surface area (Å²) in [5.41, 5.74) is 2.43. The molecule has 0 aromatic heterocycles. The van der Waals surface area contributed by atoms with Gasteiger partial charge in [-0.25, -0.2) is 0 Å². The average Bonchev–Trinajstić information content (AvgIpc) is 2.63. The fraction of sp³-hybridized carbons (Fsp3) is 0.700. The highest BCUT2D eigenvalue weighted by Gasteiger charge is 2.42. The number of ether oxygens (including phenoxy) is 3. The van der Waals surface area contributed by atoms with Crippen LogP contribution >= 0.6 is 0 Å². The van der Waals surface area contributed by atoms with Crippen molar-refractivity contribution in [1.82, 2.24) is 4.90 Å². The number of benzene rings is 1. The summed E-state index contributed by atoms with van der Waals surface area (Å²) in [7, 11) is 0. The summed E-state index contributed by atoms with van der Waals surface area (Å²) in [5, 5.41) is 0. The molecule has 1 saturated carbocycles. The van der Waals surface area contributed by atoms with E-state index in [0.29, 0.717) is 6.61 Å². The number of hydrogen-bond acceptors (Lipinski definition) is 5. The third kappa shape index (κ3) is 3.03. The van der Waals surface area contributed by atoms with E-state index in [2.05, 4.69) is 28.0 Å². The minimum atomic E-state index is -0.395. The molecule has 2 saturated heterocycles. The molecule has 5 heteroatoms. The number of fused-ring (bicyclic) bond motifs is 1. The molecule has 3 aliphatic heterocycles. The van der Waals surface area contributed by atoms with Gasteiger partial charge in [-0.2, -0.15) is 0 Å². The molecule has 136 valence electrons. The molecular weight excluding hydrogens is 316 g/mol. The SMILES string of the molecule is c1cc2c(cc1N1CCOCC1)COC1(CCN(C3CCC3)CC1)O2. The smallest absolute Gasteiger partial charge is 0.213 e. The summed E-state index contributed by atoms with van der Waals surface area (Å²) in [5.74, 6) is 0.619. The van der Waals surface area contributed by atoms with Gasteiger partial charge in [-0.1, -0.05) is 6.42 Å². The molecule has 4 aliphatic rings. The minimum absolute atomic E-state index is 0.395. The second-order valence-electron chi connectivity index (χ2n) is 7.81. The van der Waals surface area contributed by atoms with Crippen LogP contribution in [0.2, 0.25) is 0 Å². The lowest BCUT2D eigenvalue weighted by molar-refractivity contribution is -0.231. The molecule has 0 bridgehead atoms. The van der Waals surface area contributed by atoms with E-state index in [1.807, 2.05) is 0 Å². The first-order valence-corrected chi connectivity index (χ1v) is 9.84. The number of hydrogen-bond donors (Lipinski definition) is 0. The first kappa shape index (κ1) is 15.9. The summed E-state index contributed by atoms with van der Waals surface area (Å²) < 4.78 is 18.1. The van der Waals surface area contributed by atoms with Crippen molar-refractivity contribution in [3.8, 4) is 5.75 Å². The van der Waals surface area contributed by atoms with Crippen LogP contribution < -0.4 is 9.64 Å². The zero-order valence-corrected chi connectivity index (χ0v) is 14.9. The van der Waals surface area contributed by atoms with Crippen molar-refractivity contribution in [3.63, 3.8) is 0 Å². The Kier molecular flexibility index (Phi) is 4.11. The number of piperidine rings is 1. The molecule has 0 amide bonds. The molecule has 1 aliphatic carbocycles. The average molecular weight is 344 g/mol. The third-order valence-corrected chi connectivity index (χ3v) is 6.36. The zero-order valence-electron chi connectivity index (χ0n) is 14.9. The molecule has 3 heterocycles. The second kappa shape index (κ2) is 6.45. The number of rotatable bonds is 2. The number of nitrogens with zero attached hydrogens (tertiary/aromatic N) is 2. The van der Waals surface area contributed by atoms with Crippen LogP contribution in [0.3, 0.4) is 0 Å². The van der Waals surface area contributed by atoms with Crippen molar-refractivity contribution in [1.29, 1.82) is 0 Å². The highest BCUT2D eigenvalue weighted by molar-refractivity contribution is 5.53. The Morgan fingerprint density at radius 3 is 2.52 bits per heavy atom. The molecule has 0 atom stereocenters. The van der Waals surface area contributed by atoms with Gasteiger partial charge in [-0.05, 0) is 31.0 Å². The van der Waals surface area contributed by atoms with Gasteiger partial charge in [0.15, 0.2) is 0 Å². The molecule has 1 aromatic carbocycles. The maximum absolute atomic E-state index is 6.39. The van der Waals surface area contributed by atoms with Crippen molar-refractivity contribution >= 4 is 5.69 Å². The fourth-order valence-electron chi connectivity index (χ4n) is 4.46. The highest BCUT2D eigenvalue weighted by Crippen LogP contribution is 2.40. The van der Waals surface area contributed by atoms with E-state index >= 15 is 0 Å². The van der Waals surface area contributed by atoms with Crippen molar-refractivity contribution in [2.24, 2.45) is 0 Å². The maximum Gasteiger partial charge on any atom is 0.213 e. The van der Waals surface area contributed by atoms with Gasteiger partial charge in [0, 0.05) is 56.3 Å². The Morgan fingerprint density at radius 2 is 1.80 bits per heavy atom. The number of morpholine rings is 1. The van der Waals surface area contributed by atoms with Gasteiger partial charge in [-0.15, -0.1) is 0 Å². The molecule has 1 aromatic rings. The minimum Gasteiger partial charge on any atom is -0.462 e. The molecule has 5 rings (SSSR count). The van der Waals surface area contributed by atoms with Crippen LogP contribution in [0.4, 0.5) is 5.69 Å². The van der Waals surface area contributed by atoms with Gasteiger partial charge in [0.2, 0.25) is 5.79 Å². The molecule has 1 spiro atoms. The molecule has 0 unspecified atom stereocenters.